The number of halogens is 1. The van der Waals surface area contributed by atoms with Crippen molar-refractivity contribution >= 4 is 33.2 Å². The van der Waals surface area contributed by atoms with E-state index in [-0.39, 0.29) is 5.91 Å². The number of carbonyl (C=O) groups excluding carboxylic acids is 1. The van der Waals surface area contributed by atoms with E-state index in [9.17, 15) is 4.79 Å². The first-order chi connectivity index (χ1) is 9.88. The summed E-state index contributed by atoms with van der Waals surface area (Å²) in [5.41, 5.74) is 9.89. The third-order valence-corrected chi connectivity index (χ3v) is 3.95. The van der Waals surface area contributed by atoms with Crippen LogP contribution in [0.4, 0.5) is 11.4 Å². The van der Waals surface area contributed by atoms with E-state index in [0.717, 1.165) is 15.7 Å². The van der Waals surface area contributed by atoms with Crippen LogP contribution < -0.4 is 11.1 Å². The molecule has 0 bridgehead atoms. The van der Waals surface area contributed by atoms with Crippen LogP contribution in [-0.4, -0.2) is 5.91 Å². The smallest absolute Gasteiger partial charge is 0.256 e. The maximum atomic E-state index is 12.4. The summed E-state index contributed by atoms with van der Waals surface area (Å²) in [6.45, 7) is 6.13. The Balaban J connectivity index is 2.22. The van der Waals surface area contributed by atoms with E-state index in [4.69, 9.17) is 5.73 Å². The van der Waals surface area contributed by atoms with Crippen LogP contribution in [0.5, 0.6) is 0 Å². The molecule has 0 aliphatic heterocycles. The highest BCUT2D eigenvalue weighted by Gasteiger charge is 2.12. The lowest BCUT2D eigenvalue weighted by Gasteiger charge is -2.11. The lowest BCUT2D eigenvalue weighted by Crippen LogP contribution is -2.14. The van der Waals surface area contributed by atoms with Gasteiger partial charge in [-0.2, -0.15) is 0 Å². The molecule has 0 aliphatic rings. The molecule has 0 heterocycles. The van der Waals surface area contributed by atoms with Crippen LogP contribution in [0.2, 0.25) is 0 Å². The van der Waals surface area contributed by atoms with Crippen LogP contribution in [0.15, 0.2) is 40.9 Å². The zero-order chi connectivity index (χ0) is 15.6. The Labute approximate surface area is 133 Å². The van der Waals surface area contributed by atoms with Gasteiger partial charge in [0.2, 0.25) is 0 Å². The zero-order valence-corrected chi connectivity index (χ0v) is 14.0. The van der Waals surface area contributed by atoms with Gasteiger partial charge in [-0.3, -0.25) is 4.79 Å². The number of rotatable bonds is 3. The van der Waals surface area contributed by atoms with Gasteiger partial charge in [0.25, 0.3) is 5.91 Å². The lowest BCUT2D eigenvalue weighted by atomic mass is 10.0. The third-order valence-electron chi connectivity index (χ3n) is 3.49. The fraction of sp³-hybridized carbons (Fsp3) is 0.235. The maximum absolute atomic E-state index is 12.4. The molecule has 3 N–H and O–H groups in total. The number of hydrogen-bond acceptors (Lipinski definition) is 2. The van der Waals surface area contributed by atoms with Crippen LogP contribution in [0.1, 0.15) is 41.3 Å². The number of nitrogens with two attached hydrogens (primary N) is 1. The summed E-state index contributed by atoms with van der Waals surface area (Å²) >= 11 is 3.37. The van der Waals surface area contributed by atoms with Crippen molar-refractivity contribution in [2.45, 2.75) is 26.7 Å². The van der Waals surface area contributed by atoms with E-state index in [2.05, 4.69) is 35.1 Å². The van der Waals surface area contributed by atoms with Gasteiger partial charge in [0, 0.05) is 21.4 Å². The summed E-state index contributed by atoms with van der Waals surface area (Å²) < 4.78 is 0.797. The Kier molecular flexibility index (Phi) is 4.68. The quantitative estimate of drug-likeness (QED) is 0.790. The topological polar surface area (TPSA) is 55.1 Å². The molecule has 1 amide bonds. The molecule has 0 radical (unpaired) electrons. The van der Waals surface area contributed by atoms with Gasteiger partial charge in [-0.25, -0.2) is 0 Å². The Morgan fingerprint density at radius 3 is 2.38 bits per heavy atom. The predicted octanol–water partition coefficient (Wildman–Crippen LogP) is 4.72. The molecule has 110 valence electrons. The number of carbonyl (C=O) groups is 1. The molecule has 0 saturated heterocycles. The second-order valence-electron chi connectivity index (χ2n) is 5.40. The molecule has 0 spiro atoms. The SMILES string of the molecule is Cc1c(N)cc(Br)cc1C(=O)Nc1ccc(C(C)C)cc1. The first kappa shape index (κ1) is 15.6. The van der Waals surface area contributed by atoms with Crippen LogP contribution in [0.25, 0.3) is 0 Å². The molecule has 4 heteroatoms. The van der Waals surface area contributed by atoms with Crippen LogP contribution in [-0.2, 0) is 0 Å². The van der Waals surface area contributed by atoms with Crippen LogP contribution >= 0.6 is 15.9 Å². The van der Waals surface area contributed by atoms with Gasteiger partial charge >= 0.3 is 0 Å². The first-order valence-corrected chi connectivity index (χ1v) is 7.64. The zero-order valence-electron chi connectivity index (χ0n) is 12.4. The van der Waals surface area contributed by atoms with E-state index in [1.165, 1.54) is 5.56 Å². The van der Waals surface area contributed by atoms with E-state index in [0.29, 0.717) is 17.2 Å². The monoisotopic (exact) mass is 346 g/mol. The molecule has 0 unspecified atom stereocenters. The highest BCUT2D eigenvalue weighted by atomic mass is 79.9. The first-order valence-electron chi connectivity index (χ1n) is 6.85. The molecule has 2 aromatic carbocycles. The van der Waals surface area contributed by atoms with Crippen molar-refractivity contribution in [3.05, 3.63) is 57.6 Å². The van der Waals surface area contributed by atoms with Gasteiger partial charge < -0.3 is 11.1 Å². The molecule has 0 fully saturated rings. The second-order valence-corrected chi connectivity index (χ2v) is 6.31. The van der Waals surface area contributed by atoms with Crippen molar-refractivity contribution < 1.29 is 4.79 Å². The summed E-state index contributed by atoms with van der Waals surface area (Å²) in [6.07, 6.45) is 0. The molecule has 0 aliphatic carbocycles. The summed E-state index contributed by atoms with van der Waals surface area (Å²) in [4.78, 5) is 12.4. The molecule has 0 aromatic heterocycles. The largest absolute Gasteiger partial charge is 0.398 e. The molecule has 3 nitrogen and oxygen atoms in total. The summed E-state index contributed by atoms with van der Waals surface area (Å²) in [6, 6.07) is 11.5. The van der Waals surface area contributed by atoms with Crippen molar-refractivity contribution in [2.75, 3.05) is 11.1 Å². The maximum Gasteiger partial charge on any atom is 0.256 e. The highest BCUT2D eigenvalue weighted by molar-refractivity contribution is 9.10. The summed E-state index contributed by atoms with van der Waals surface area (Å²) in [7, 11) is 0. The van der Waals surface area contributed by atoms with E-state index in [1.807, 2.05) is 31.2 Å². The number of amides is 1. The Hall–Kier alpha value is -1.81. The molecule has 21 heavy (non-hydrogen) atoms. The molecule has 2 rings (SSSR count). The van der Waals surface area contributed by atoms with Gasteiger partial charge in [-0.05, 0) is 48.2 Å². The number of nitrogens with one attached hydrogen (secondary N) is 1. The fourth-order valence-corrected chi connectivity index (χ4v) is 2.56. The summed E-state index contributed by atoms with van der Waals surface area (Å²) in [5.74, 6) is 0.319. The molecular formula is C17H19BrN2O. The van der Waals surface area contributed by atoms with E-state index < -0.39 is 0 Å². The number of nitrogen functional groups attached to an aromatic ring is 1. The normalized spacial score (nSPS) is 10.7. The number of anilines is 2. The molecule has 0 saturated carbocycles. The van der Waals surface area contributed by atoms with Crippen LogP contribution in [0.3, 0.4) is 0 Å². The van der Waals surface area contributed by atoms with Gasteiger partial charge in [0.15, 0.2) is 0 Å². The molecule has 0 atom stereocenters. The number of benzene rings is 2. The lowest BCUT2D eigenvalue weighted by molar-refractivity contribution is 0.102. The van der Waals surface area contributed by atoms with Crippen molar-refractivity contribution in [1.29, 1.82) is 0 Å². The fourth-order valence-electron chi connectivity index (χ4n) is 2.09. The molecular weight excluding hydrogens is 328 g/mol. The van der Waals surface area contributed by atoms with Gasteiger partial charge in [0.05, 0.1) is 0 Å². The van der Waals surface area contributed by atoms with Crippen molar-refractivity contribution in [1.82, 2.24) is 0 Å². The van der Waals surface area contributed by atoms with Crippen molar-refractivity contribution in [3.63, 3.8) is 0 Å². The predicted molar refractivity (Wildman–Crippen MR) is 91.8 cm³/mol. The van der Waals surface area contributed by atoms with E-state index in [1.54, 1.807) is 12.1 Å². The third kappa shape index (κ3) is 3.64. The van der Waals surface area contributed by atoms with E-state index >= 15 is 0 Å². The van der Waals surface area contributed by atoms with Crippen LogP contribution in [0, 0.1) is 6.92 Å². The van der Waals surface area contributed by atoms with Crippen molar-refractivity contribution in [2.24, 2.45) is 0 Å². The molecule has 2 aromatic rings. The minimum absolute atomic E-state index is 0.155. The Morgan fingerprint density at radius 2 is 1.81 bits per heavy atom. The van der Waals surface area contributed by atoms with Gasteiger partial charge in [-0.15, -0.1) is 0 Å². The minimum atomic E-state index is -0.155. The average Bonchev–Trinajstić information content (AvgIpc) is 2.43. The van der Waals surface area contributed by atoms with Crippen molar-refractivity contribution in [3.8, 4) is 0 Å². The average molecular weight is 347 g/mol. The number of hydrogen-bond donors (Lipinski definition) is 2. The Morgan fingerprint density at radius 1 is 1.19 bits per heavy atom. The Bertz CT molecular complexity index is 663. The van der Waals surface area contributed by atoms with Gasteiger partial charge in [0.1, 0.15) is 0 Å². The second kappa shape index (κ2) is 6.31. The summed E-state index contributed by atoms with van der Waals surface area (Å²) in [5, 5.41) is 2.90. The minimum Gasteiger partial charge on any atom is -0.398 e. The standard InChI is InChI=1S/C17H19BrN2O/c1-10(2)12-4-6-14(7-5-12)20-17(21)15-8-13(18)9-16(19)11(15)3/h4-10H,19H2,1-3H3,(H,20,21). The van der Waals surface area contributed by atoms with Gasteiger partial charge in [-0.1, -0.05) is 41.9 Å². The highest BCUT2D eigenvalue weighted by Crippen LogP contribution is 2.24.